The van der Waals surface area contributed by atoms with Crippen molar-refractivity contribution in [2.45, 2.75) is 49.9 Å². The molecule has 0 aliphatic carbocycles. The Balaban J connectivity index is 1.44. The van der Waals surface area contributed by atoms with Gasteiger partial charge >= 0.3 is 6.01 Å². The normalized spacial score (nSPS) is 24.7. The maximum absolute atomic E-state index is 16.2. The van der Waals surface area contributed by atoms with E-state index < -0.39 is 41.0 Å². The van der Waals surface area contributed by atoms with Crippen LogP contribution in [0.2, 0.25) is 0 Å². The first-order valence-electron chi connectivity index (χ1n) is 13.6. The van der Waals surface area contributed by atoms with E-state index in [-0.39, 0.29) is 41.5 Å². The molecular formula is C28H28F5N7O. The van der Waals surface area contributed by atoms with Gasteiger partial charge in [0, 0.05) is 56.0 Å². The Kier molecular flexibility index (Phi) is 7.37. The molecule has 3 saturated heterocycles. The maximum Gasteiger partial charge on any atom is 0.319 e. The zero-order chi connectivity index (χ0) is 28.7. The summed E-state index contributed by atoms with van der Waals surface area (Å²) in [4.78, 5) is 17.0. The molecule has 3 aliphatic rings. The Bertz CT molecular complexity index is 1500. The van der Waals surface area contributed by atoms with Crippen LogP contribution in [-0.4, -0.2) is 76.9 Å². The number of halogens is 5. The second kappa shape index (κ2) is 11.0. The fourth-order valence-electron chi connectivity index (χ4n) is 6.35. The molecule has 6 rings (SSSR count). The van der Waals surface area contributed by atoms with Crippen LogP contribution in [0.3, 0.4) is 0 Å². The van der Waals surface area contributed by atoms with Crippen LogP contribution in [0.25, 0.3) is 22.2 Å². The quantitative estimate of drug-likeness (QED) is 0.412. The summed E-state index contributed by atoms with van der Waals surface area (Å²) in [6.07, 6.45) is -0.440. The highest BCUT2D eigenvalue weighted by Gasteiger charge is 2.49. The van der Waals surface area contributed by atoms with E-state index in [1.165, 1.54) is 6.20 Å². The number of aromatic nitrogens is 3. The van der Waals surface area contributed by atoms with Gasteiger partial charge in [0.1, 0.15) is 35.6 Å². The van der Waals surface area contributed by atoms with Crippen LogP contribution >= 0.6 is 0 Å². The summed E-state index contributed by atoms with van der Waals surface area (Å²) in [5.74, 6) is -1.51. The zero-order valence-electron chi connectivity index (χ0n) is 22.1. The molecule has 0 spiro atoms. The minimum atomic E-state index is -2.99. The highest BCUT2D eigenvalue weighted by atomic mass is 19.3. The molecule has 13 heteroatoms. The third-order valence-corrected chi connectivity index (χ3v) is 8.27. The summed E-state index contributed by atoms with van der Waals surface area (Å²) in [5, 5.41) is 12.7. The van der Waals surface area contributed by atoms with E-state index in [1.807, 2.05) is 4.90 Å². The lowest BCUT2D eigenvalue weighted by Crippen LogP contribution is -2.51. The third kappa shape index (κ3) is 5.15. The Morgan fingerprint density at radius 2 is 2.05 bits per heavy atom. The fraction of sp³-hybridized carbons (Fsp3) is 0.500. The fourth-order valence-corrected chi connectivity index (χ4v) is 6.35. The molecule has 0 radical (unpaired) electrons. The van der Waals surface area contributed by atoms with Crippen LogP contribution in [0.1, 0.15) is 37.7 Å². The van der Waals surface area contributed by atoms with Crippen LogP contribution in [-0.2, 0) is 0 Å². The zero-order valence-corrected chi connectivity index (χ0v) is 22.1. The van der Waals surface area contributed by atoms with Crippen molar-refractivity contribution in [1.82, 2.24) is 25.2 Å². The van der Waals surface area contributed by atoms with E-state index in [0.717, 1.165) is 37.6 Å². The summed E-state index contributed by atoms with van der Waals surface area (Å²) >= 11 is 0. The number of rotatable bonds is 7. The minimum absolute atomic E-state index is 0.107. The van der Waals surface area contributed by atoms with Crippen LogP contribution in [0.4, 0.5) is 27.8 Å². The summed E-state index contributed by atoms with van der Waals surface area (Å²) in [6.45, 7) is 2.62. The third-order valence-electron chi connectivity index (χ3n) is 8.27. The molecule has 3 aromatic rings. The Hall–Kier alpha value is -3.63. The van der Waals surface area contributed by atoms with Crippen molar-refractivity contribution in [3.63, 3.8) is 0 Å². The highest BCUT2D eigenvalue weighted by molar-refractivity contribution is 5.92. The molecule has 3 aliphatic heterocycles. The summed E-state index contributed by atoms with van der Waals surface area (Å²) in [6, 6.07) is 4.45. The maximum atomic E-state index is 16.2. The smallest absolute Gasteiger partial charge is 0.319 e. The lowest BCUT2D eigenvalue weighted by atomic mass is 9.95. The van der Waals surface area contributed by atoms with E-state index >= 15 is 4.39 Å². The molecule has 2 aromatic heterocycles. The number of hydrogen-bond acceptors (Lipinski definition) is 8. The predicted molar refractivity (Wildman–Crippen MR) is 140 cm³/mol. The molecule has 0 bridgehead atoms. The van der Waals surface area contributed by atoms with Crippen molar-refractivity contribution >= 4 is 16.7 Å². The molecule has 1 N–H and O–H groups in total. The number of fused-ring (bicyclic) bond motifs is 2. The van der Waals surface area contributed by atoms with Gasteiger partial charge in [-0.15, -0.1) is 0 Å². The number of piperazine rings is 1. The van der Waals surface area contributed by atoms with Crippen LogP contribution in [0.5, 0.6) is 6.01 Å². The average Bonchev–Trinajstić information content (AvgIpc) is 3.48. The topological polar surface area (TPSA) is 90.2 Å². The SMILES string of the molecule is N#CC[C@H]1CN(c2nc(OC[C@@]34CCCN3C[C@H](F)C4)nc3c(F)c(-c4cc(F)ccc4C(F)F)ncc23)CCN1. The van der Waals surface area contributed by atoms with E-state index in [1.54, 1.807) is 0 Å². The van der Waals surface area contributed by atoms with Gasteiger partial charge in [0.2, 0.25) is 0 Å². The van der Waals surface area contributed by atoms with Gasteiger partial charge in [-0.1, -0.05) is 0 Å². The van der Waals surface area contributed by atoms with Crippen molar-refractivity contribution in [2.75, 3.05) is 44.2 Å². The monoisotopic (exact) mass is 573 g/mol. The lowest BCUT2D eigenvalue weighted by Gasteiger charge is -2.34. The molecule has 1 aromatic carbocycles. The van der Waals surface area contributed by atoms with E-state index in [4.69, 9.17) is 4.74 Å². The Morgan fingerprint density at radius 1 is 1.20 bits per heavy atom. The molecule has 3 fully saturated rings. The predicted octanol–water partition coefficient (Wildman–Crippen LogP) is 4.55. The van der Waals surface area contributed by atoms with Gasteiger partial charge in [0.05, 0.1) is 23.4 Å². The van der Waals surface area contributed by atoms with Gasteiger partial charge in [0.15, 0.2) is 5.82 Å². The number of hydrogen-bond donors (Lipinski definition) is 1. The number of anilines is 1. The molecule has 0 saturated carbocycles. The van der Waals surface area contributed by atoms with Crippen LogP contribution < -0.4 is 15.0 Å². The van der Waals surface area contributed by atoms with Gasteiger partial charge in [-0.3, -0.25) is 9.88 Å². The van der Waals surface area contributed by atoms with Gasteiger partial charge in [-0.25, -0.2) is 22.0 Å². The highest BCUT2D eigenvalue weighted by Crippen LogP contribution is 2.41. The summed E-state index contributed by atoms with van der Waals surface area (Å²) in [5.41, 5.74) is -2.13. The number of nitriles is 1. The van der Waals surface area contributed by atoms with Crippen molar-refractivity contribution in [1.29, 1.82) is 5.26 Å². The van der Waals surface area contributed by atoms with Gasteiger partial charge in [0.25, 0.3) is 6.43 Å². The van der Waals surface area contributed by atoms with E-state index in [9.17, 15) is 22.8 Å². The number of pyridine rings is 1. The largest absolute Gasteiger partial charge is 0.461 e. The van der Waals surface area contributed by atoms with Gasteiger partial charge < -0.3 is 15.0 Å². The molecular weight excluding hydrogens is 545 g/mol. The van der Waals surface area contributed by atoms with Crippen molar-refractivity contribution in [2.24, 2.45) is 0 Å². The second-order valence-electron chi connectivity index (χ2n) is 10.9. The number of alkyl halides is 3. The number of nitrogens with zero attached hydrogens (tertiary/aromatic N) is 6. The van der Waals surface area contributed by atoms with E-state index in [2.05, 4.69) is 31.2 Å². The molecule has 0 amide bonds. The van der Waals surface area contributed by atoms with Crippen LogP contribution in [0.15, 0.2) is 24.4 Å². The summed E-state index contributed by atoms with van der Waals surface area (Å²) in [7, 11) is 0. The Morgan fingerprint density at radius 3 is 2.85 bits per heavy atom. The minimum Gasteiger partial charge on any atom is -0.461 e. The molecule has 3 atom stereocenters. The number of nitrogens with one attached hydrogen (secondary N) is 1. The first-order valence-corrected chi connectivity index (χ1v) is 13.6. The molecule has 5 heterocycles. The second-order valence-corrected chi connectivity index (χ2v) is 10.9. The van der Waals surface area contributed by atoms with Crippen molar-refractivity contribution in [3.8, 4) is 23.3 Å². The number of ether oxygens (including phenoxy) is 1. The molecule has 8 nitrogen and oxygen atoms in total. The van der Waals surface area contributed by atoms with Gasteiger partial charge in [-0.05, 0) is 37.6 Å². The Labute approximate surface area is 233 Å². The molecule has 0 unspecified atom stereocenters. The van der Waals surface area contributed by atoms with Gasteiger partial charge in [-0.2, -0.15) is 15.2 Å². The summed E-state index contributed by atoms with van der Waals surface area (Å²) < 4.78 is 78.1. The van der Waals surface area contributed by atoms with Crippen molar-refractivity contribution < 1.29 is 26.7 Å². The van der Waals surface area contributed by atoms with E-state index in [0.29, 0.717) is 38.4 Å². The van der Waals surface area contributed by atoms with Crippen molar-refractivity contribution in [3.05, 3.63) is 41.6 Å². The lowest BCUT2D eigenvalue weighted by molar-refractivity contribution is 0.107. The molecule has 41 heavy (non-hydrogen) atoms. The van der Waals surface area contributed by atoms with Crippen LogP contribution in [0, 0.1) is 23.0 Å². The standard InChI is InChI=1S/C28H28F5N7O/c29-16-2-3-19(25(32)33)20(10-16)23-22(31)24-21(12-36-23)26(39-9-7-35-18(14-39)4-6-34)38-27(37-24)41-15-28-5-1-8-40(28)13-17(30)11-28/h2-3,10,12,17-18,25,35H,1,4-5,7-9,11,13-15H2/t17-,18+,28+/m1/s1. The number of benzene rings is 1. The first-order chi connectivity index (χ1) is 19.8. The molecule has 216 valence electrons. The average molecular weight is 574 g/mol. The first kappa shape index (κ1) is 27.5.